The molecule has 1 spiro atoms. The Kier molecular flexibility index (Phi) is 4.25. The van der Waals surface area contributed by atoms with E-state index in [-0.39, 0.29) is 19.0 Å². The van der Waals surface area contributed by atoms with Crippen LogP contribution < -0.4 is 0 Å². The standard InChI is InChI=1S/C19H21N3O5/c23-16(9-13-10-20-15-4-2-1-3-14(13)15)21-7-5-19(6-8-21)12-22(11-17(24)25)18(26)27-19/h1-4,10,20H,5-9,11-12H2,(H,24,25). The second kappa shape index (κ2) is 6.61. The van der Waals surface area contributed by atoms with E-state index in [2.05, 4.69) is 4.98 Å². The van der Waals surface area contributed by atoms with E-state index in [0.29, 0.717) is 32.4 Å². The van der Waals surface area contributed by atoms with Crippen LogP contribution in [-0.2, 0) is 20.7 Å². The molecule has 2 amide bonds. The number of carboxylic acid groups (broad SMARTS) is 1. The third kappa shape index (κ3) is 3.34. The molecule has 2 fully saturated rings. The van der Waals surface area contributed by atoms with Crippen LogP contribution in [0.5, 0.6) is 0 Å². The van der Waals surface area contributed by atoms with E-state index in [1.54, 1.807) is 4.90 Å². The van der Waals surface area contributed by atoms with Gasteiger partial charge in [0.05, 0.1) is 13.0 Å². The quantitative estimate of drug-likeness (QED) is 0.850. The van der Waals surface area contributed by atoms with Gasteiger partial charge in [0.15, 0.2) is 0 Å². The zero-order chi connectivity index (χ0) is 19.0. The second-order valence-corrected chi connectivity index (χ2v) is 7.22. The fourth-order valence-corrected chi connectivity index (χ4v) is 3.95. The third-order valence-electron chi connectivity index (χ3n) is 5.41. The minimum absolute atomic E-state index is 0.0429. The van der Waals surface area contributed by atoms with E-state index >= 15 is 0 Å². The number of hydrogen-bond acceptors (Lipinski definition) is 4. The Bertz CT molecular complexity index is 898. The molecule has 8 heteroatoms. The van der Waals surface area contributed by atoms with Gasteiger partial charge in [0.2, 0.25) is 5.91 Å². The molecule has 2 aromatic rings. The highest BCUT2D eigenvalue weighted by Crippen LogP contribution is 2.33. The van der Waals surface area contributed by atoms with E-state index in [0.717, 1.165) is 16.5 Å². The molecule has 2 aliphatic heterocycles. The maximum Gasteiger partial charge on any atom is 0.411 e. The van der Waals surface area contributed by atoms with Gasteiger partial charge >= 0.3 is 12.1 Å². The summed E-state index contributed by atoms with van der Waals surface area (Å²) in [4.78, 5) is 41.6. The number of aliphatic carboxylic acids is 1. The predicted molar refractivity (Wildman–Crippen MR) is 96.2 cm³/mol. The van der Waals surface area contributed by atoms with E-state index in [9.17, 15) is 14.4 Å². The number of aromatic amines is 1. The molecule has 2 N–H and O–H groups in total. The summed E-state index contributed by atoms with van der Waals surface area (Å²) in [6, 6.07) is 7.87. The number of H-pyrrole nitrogens is 1. The highest BCUT2D eigenvalue weighted by atomic mass is 16.6. The zero-order valence-corrected chi connectivity index (χ0v) is 14.8. The highest BCUT2D eigenvalue weighted by Gasteiger charge is 2.47. The maximum atomic E-state index is 12.7. The number of benzene rings is 1. The Balaban J connectivity index is 1.37. The lowest BCUT2D eigenvalue weighted by Gasteiger charge is -2.37. The first kappa shape index (κ1) is 17.4. The molecule has 0 unspecified atom stereocenters. The number of carboxylic acids is 1. The van der Waals surface area contributed by atoms with Crippen molar-refractivity contribution in [1.82, 2.24) is 14.8 Å². The summed E-state index contributed by atoms with van der Waals surface area (Å²) in [5.74, 6) is -1.02. The van der Waals surface area contributed by atoms with Gasteiger partial charge < -0.3 is 19.7 Å². The molecule has 4 rings (SSSR count). The molecule has 0 saturated carbocycles. The third-order valence-corrected chi connectivity index (χ3v) is 5.41. The molecule has 27 heavy (non-hydrogen) atoms. The predicted octanol–water partition coefficient (Wildman–Crippen LogP) is 1.61. The summed E-state index contributed by atoms with van der Waals surface area (Å²) in [6.45, 7) is 0.900. The smallest absolute Gasteiger partial charge is 0.411 e. The minimum atomic E-state index is -1.06. The van der Waals surface area contributed by atoms with Crippen molar-refractivity contribution in [2.75, 3.05) is 26.2 Å². The molecule has 0 radical (unpaired) electrons. The molecule has 1 aromatic heterocycles. The molecule has 2 aliphatic rings. The van der Waals surface area contributed by atoms with Crippen LogP contribution in [0.1, 0.15) is 18.4 Å². The van der Waals surface area contributed by atoms with Gasteiger partial charge in [-0.1, -0.05) is 18.2 Å². The van der Waals surface area contributed by atoms with E-state index < -0.39 is 17.7 Å². The van der Waals surface area contributed by atoms with Crippen molar-refractivity contribution in [1.29, 1.82) is 0 Å². The fraction of sp³-hybridized carbons (Fsp3) is 0.421. The molecule has 3 heterocycles. The number of nitrogens with zero attached hydrogens (tertiary/aromatic N) is 2. The highest BCUT2D eigenvalue weighted by molar-refractivity contribution is 5.89. The molecule has 0 aliphatic carbocycles. The number of ether oxygens (including phenoxy) is 1. The normalized spacial score (nSPS) is 18.9. The lowest BCUT2D eigenvalue weighted by atomic mass is 9.91. The van der Waals surface area contributed by atoms with Crippen LogP contribution in [0.15, 0.2) is 30.5 Å². The number of fused-ring (bicyclic) bond motifs is 1. The molecule has 2 saturated heterocycles. The first-order valence-corrected chi connectivity index (χ1v) is 8.98. The monoisotopic (exact) mass is 371 g/mol. The molecule has 8 nitrogen and oxygen atoms in total. The Morgan fingerprint density at radius 1 is 1.22 bits per heavy atom. The number of piperidine rings is 1. The number of carbonyl (C=O) groups is 3. The van der Waals surface area contributed by atoms with E-state index in [1.165, 1.54) is 4.90 Å². The van der Waals surface area contributed by atoms with Gasteiger partial charge in [-0.2, -0.15) is 0 Å². The number of amides is 2. The van der Waals surface area contributed by atoms with Crippen molar-refractivity contribution in [2.45, 2.75) is 24.9 Å². The number of nitrogens with one attached hydrogen (secondary N) is 1. The molecular weight excluding hydrogens is 350 g/mol. The average molecular weight is 371 g/mol. The van der Waals surface area contributed by atoms with Crippen molar-refractivity contribution in [3.8, 4) is 0 Å². The Morgan fingerprint density at radius 3 is 2.70 bits per heavy atom. The lowest BCUT2D eigenvalue weighted by Crippen LogP contribution is -2.49. The molecule has 142 valence electrons. The number of aromatic nitrogens is 1. The molecule has 1 aromatic carbocycles. The van der Waals surface area contributed by atoms with Crippen LogP contribution in [-0.4, -0.2) is 69.6 Å². The number of rotatable bonds is 4. The van der Waals surface area contributed by atoms with Crippen LogP contribution in [0.3, 0.4) is 0 Å². The van der Waals surface area contributed by atoms with Gasteiger partial charge in [0.1, 0.15) is 12.1 Å². The summed E-state index contributed by atoms with van der Waals surface area (Å²) >= 11 is 0. The van der Waals surface area contributed by atoms with Gasteiger partial charge in [-0.05, 0) is 11.6 Å². The number of para-hydroxylation sites is 1. The summed E-state index contributed by atoms with van der Waals surface area (Å²) in [5.41, 5.74) is 1.30. The van der Waals surface area contributed by atoms with Crippen molar-refractivity contribution >= 4 is 28.9 Å². The van der Waals surface area contributed by atoms with Crippen LogP contribution in [0.4, 0.5) is 4.79 Å². The Morgan fingerprint density at radius 2 is 1.96 bits per heavy atom. The SMILES string of the molecule is O=C(O)CN1CC2(CCN(C(=O)Cc3c[nH]c4ccccc34)CC2)OC1=O. The first-order chi connectivity index (χ1) is 13.0. The summed E-state index contributed by atoms with van der Waals surface area (Å²) in [5, 5.41) is 9.94. The van der Waals surface area contributed by atoms with Crippen LogP contribution in [0.2, 0.25) is 0 Å². The van der Waals surface area contributed by atoms with E-state index in [1.807, 2.05) is 30.5 Å². The lowest BCUT2D eigenvalue weighted by molar-refractivity contribution is -0.137. The minimum Gasteiger partial charge on any atom is -0.480 e. The molecule has 0 atom stereocenters. The zero-order valence-electron chi connectivity index (χ0n) is 14.8. The molecular formula is C19H21N3O5. The fourth-order valence-electron chi connectivity index (χ4n) is 3.95. The first-order valence-electron chi connectivity index (χ1n) is 8.98. The van der Waals surface area contributed by atoms with Gasteiger partial charge in [-0.15, -0.1) is 0 Å². The van der Waals surface area contributed by atoms with Crippen molar-refractivity contribution in [3.63, 3.8) is 0 Å². The maximum absolute atomic E-state index is 12.7. The number of likely N-dealkylation sites (tertiary alicyclic amines) is 1. The number of hydrogen-bond donors (Lipinski definition) is 2. The van der Waals surface area contributed by atoms with Crippen molar-refractivity contribution in [2.24, 2.45) is 0 Å². The molecule has 0 bridgehead atoms. The van der Waals surface area contributed by atoms with Gasteiger partial charge in [0, 0.05) is 43.0 Å². The average Bonchev–Trinajstić information content (AvgIpc) is 3.17. The van der Waals surface area contributed by atoms with Crippen molar-refractivity contribution in [3.05, 3.63) is 36.0 Å². The second-order valence-electron chi connectivity index (χ2n) is 7.22. The van der Waals surface area contributed by atoms with Crippen molar-refractivity contribution < 1.29 is 24.2 Å². The number of carbonyl (C=O) groups excluding carboxylic acids is 2. The summed E-state index contributed by atoms with van der Waals surface area (Å²) in [6.07, 6.45) is 2.65. The van der Waals surface area contributed by atoms with Crippen LogP contribution in [0.25, 0.3) is 10.9 Å². The van der Waals surface area contributed by atoms with Crippen LogP contribution in [0, 0.1) is 0 Å². The van der Waals surface area contributed by atoms with Gasteiger partial charge in [-0.25, -0.2) is 4.79 Å². The Hall–Kier alpha value is -3.03. The van der Waals surface area contributed by atoms with E-state index in [4.69, 9.17) is 9.84 Å². The van der Waals surface area contributed by atoms with Crippen LogP contribution >= 0.6 is 0 Å². The Labute approximate surface area is 155 Å². The largest absolute Gasteiger partial charge is 0.480 e. The van der Waals surface area contributed by atoms with Gasteiger partial charge in [-0.3, -0.25) is 14.5 Å². The summed E-state index contributed by atoms with van der Waals surface area (Å²) in [7, 11) is 0. The summed E-state index contributed by atoms with van der Waals surface area (Å²) < 4.78 is 5.48. The topological polar surface area (TPSA) is 103 Å². The van der Waals surface area contributed by atoms with Gasteiger partial charge in [0.25, 0.3) is 0 Å².